The smallest absolute Gasteiger partial charge is 0.504 e. The van der Waals surface area contributed by atoms with E-state index in [0.717, 1.165) is 28.9 Å². The molecule has 1 aliphatic carbocycles. The number of imidazole rings is 1. The van der Waals surface area contributed by atoms with Crippen molar-refractivity contribution in [2.24, 2.45) is 5.92 Å². The van der Waals surface area contributed by atoms with Gasteiger partial charge in [-0.25, -0.2) is 9.78 Å². The summed E-state index contributed by atoms with van der Waals surface area (Å²) in [6.07, 6.45) is 5.72. The second-order valence-electron chi connectivity index (χ2n) is 9.21. The molecule has 35 heavy (non-hydrogen) atoms. The zero-order valence-electron chi connectivity index (χ0n) is 19.4. The summed E-state index contributed by atoms with van der Waals surface area (Å²) in [5.74, 6) is 1.51. The Morgan fingerprint density at radius 3 is 2.43 bits per heavy atom. The average Bonchev–Trinajstić information content (AvgIpc) is 3.16. The van der Waals surface area contributed by atoms with Gasteiger partial charge in [0.05, 0.1) is 11.0 Å². The predicted octanol–water partition coefficient (Wildman–Crippen LogP) is 6.34. The number of hydrogen-bond donors (Lipinski definition) is 3. The van der Waals surface area contributed by atoms with Gasteiger partial charge in [0.15, 0.2) is 11.5 Å². The summed E-state index contributed by atoms with van der Waals surface area (Å²) in [6, 6.07) is 18.0. The molecule has 1 fully saturated rings. The number of aromatic nitrogens is 2. The van der Waals surface area contributed by atoms with Gasteiger partial charge in [0.2, 0.25) is 0 Å². The van der Waals surface area contributed by atoms with Gasteiger partial charge < -0.3 is 24.6 Å². The summed E-state index contributed by atoms with van der Waals surface area (Å²) in [7, 11) is 0. The maximum absolute atomic E-state index is 11.0. The highest BCUT2D eigenvalue weighted by Crippen LogP contribution is 2.34. The van der Waals surface area contributed by atoms with E-state index in [4.69, 9.17) is 14.8 Å². The quantitative estimate of drug-likeness (QED) is 0.172. The van der Waals surface area contributed by atoms with Crippen LogP contribution in [0.2, 0.25) is 0 Å². The van der Waals surface area contributed by atoms with Crippen molar-refractivity contribution in [3.63, 3.8) is 0 Å². The summed E-state index contributed by atoms with van der Waals surface area (Å²) in [4.78, 5) is 15.9. The van der Waals surface area contributed by atoms with Crippen LogP contribution in [0.3, 0.4) is 0 Å². The van der Waals surface area contributed by atoms with Crippen LogP contribution >= 0.6 is 0 Å². The first-order valence-electron chi connectivity index (χ1n) is 12.0. The van der Waals surface area contributed by atoms with Crippen molar-refractivity contribution in [3.05, 3.63) is 72.1 Å². The summed E-state index contributed by atoms with van der Waals surface area (Å²) >= 11 is 0. The highest BCUT2D eigenvalue weighted by molar-refractivity contribution is 5.80. The molecule has 0 atom stereocenters. The molecule has 1 aromatic heterocycles. The Hall–Kier alpha value is -4.00. The second kappa shape index (κ2) is 9.70. The van der Waals surface area contributed by atoms with Crippen molar-refractivity contribution in [2.45, 2.75) is 45.1 Å². The molecule has 0 spiro atoms. The van der Waals surface area contributed by atoms with E-state index < -0.39 is 6.16 Å². The number of phenols is 2. The van der Waals surface area contributed by atoms with Crippen LogP contribution in [-0.4, -0.2) is 31.0 Å². The van der Waals surface area contributed by atoms with Gasteiger partial charge in [-0.15, -0.1) is 0 Å². The highest BCUT2D eigenvalue weighted by Gasteiger charge is 2.20. The molecule has 1 saturated carbocycles. The van der Waals surface area contributed by atoms with Gasteiger partial charge in [-0.2, -0.15) is 0 Å². The number of hydrogen-bond acceptors (Lipinski definition) is 5. The topological polar surface area (TPSA) is 105 Å². The van der Waals surface area contributed by atoms with Crippen LogP contribution in [0.25, 0.3) is 22.2 Å². The Morgan fingerprint density at radius 1 is 0.971 bits per heavy atom. The predicted molar refractivity (Wildman–Crippen MR) is 133 cm³/mol. The molecule has 0 saturated heterocycles. The molecular formula is C28H28N2O5. The molecule has 0 unspecified atom stereocenters. The lowest BCUT2D eigenvalue weighted by Crippen LogP contribution is -2.14. The normalized spacial score (nSPS) is 14.3. The third-order valence-electron chi connectivity index (χ3n) is 6.81. The van der Waals surface area contributed by atoms with Crippen molar-refractivity contribution < 1.29 is 24.9 Å². The Balaban J connectivity index is 1.46. The Morgan fingerprint density at radius 2 is 1.69 bits per heavy atom. The molecule has 5 rings (SSSR count). The molecule has 7 nitrogen and oxygen atoms in total. The van der Waals surface area contributed by atoms with Crippen LogP contribution in [-0.2, 0) is 13.0 Å². The lowest BCUT2D eigenvalue weighted by atomic mass is 9.87. The fourth-order valence-corrected chi connectivity index (χ4v) is 5.04. The third kappa shape index (κ3) is 4.94. The van der Waals surface area contributed by atoms with Crippen LogP contribution in [0.15, 0.2) is 60.7 Å². The van der Waals surface area contributed by atoms with Crippen LogP contribution < -0.4 is 4.74 Å². The Kier molecular flexibility index (Phi) is 6.31. The highest BCUT2D eigenvalue weighted by atomic mass is 16.7. The first-order valence-corrected chi connectivity index (χ1v) is 12.0. The molecule has 3 N–H and O–H groups in total. The largest absolute Gasteiger partial charge is 0.511 e. The number of rotatable bonds is 6. The second-order valence-corrected chi connectivity index (χ2v) is 9.21. The SMILES string of the molecule is O=C(O)Oc1ccccc1-c1ccc(Cn2c(CC3CCCCC3)nc3cc(O)c(O)cc32)cc1. The van der Waals surface area contributed by atoms with Crippen LogP contribution in [0.1, 0.15) is 43.5 Å². The minimum atomic E-state index is -1.35. The van der Waals surface area contributed by atoms with Gasteiger partial charge in [-0.3, -0.25) is 0 Å². The van der Waals surface area contributed by atoms with E-state index in [0.29, 0.717) is 29.3 Å². The molecular weight excluding hydrogens is 444 g/mol. The summed E-state index contributed by atoms with van der Waals surface area (Å²) in [5, 5.41) is 29.2. The monoisotopic (exact) mass is 472 g/mol. The maximum atomic E-state index is 11.0. The zero-order chi connectivity index (χ0) is 24.4. The van der Waals surface area contributed by atoms with Crippen LogP contribution in [0.4, 0.5) is 4.79 Å². The Labute approximate surface area is 203 Å². The number of para-hydroxylation sites is 1. The molecule has 0 bridgehead atoms. The number of carbonyl (C=O) groups is 1. The number of benzene rings is 3. The van der Waals surface area contributed by atoms with E-state index in [9.17, 15) is 15.0 Å². The number of ether oxygens (including phenoxy) is 1. The van der Waals surface area contributed by atoms with E-state index in [1.54, 1.807) is 18.2 Å². The van der Waals surface area contributed by atoms with E-state index in [-0.39, 0.29) is 11.5 Å². The van der Waals surface area contributed by atoms with Crippen LogP contribution in [0.5, 0.6) is 17.2 Å². The first-order chi connectivity index (χ1) is 17.0. The summed E-state index contributed by atoms with van der Waals surface area (Å²) < 4.78 is 7.06. The van der Waals surface area contributed by atoms with E-state index in [1.807, 2.05) is 36.4 Å². The molecule has 0 aliphatic heterocycles. The van der Waals surface area contributed by atoms with E-state index in [2.05, 4.69) is 4.57 Å². The summed E-state index contributed by atoms with van der Waals surface area (Å²) in [5.41, 5.74) is 4.05. The molecule has 0 radical (unpaired) electrons. The minimum absolute atomic E-state index is 0.159. The lowest BCUT2D eigenvalue weighted by Gasteiger charge is -2.21. The molecule has 1 aliphatic rings. The van der Waals surface area contributed by atoms with Crippen LogP contribution in [0, 0.1) is 5.92 Å². The number of aromatic hydroxyl groups is 2. The van der Waals surface area contributed by atoms with Gasteiger partial charge in [-0.1, -0.05) is 74.6 Å². The third-order valence-corrected chi connectivity index (χ3v) is 6.81. The summed E-state index contributed by atoms with van der Waals surface area (Å²) in [6.45, 7) is 0.566. The molecule has 3 aromatic carbocycles. The molecule has 0 amide bonds. The maximum Gasteiger partial charge on any atom is 0.511 e. The number of nitrogens with zero attached hydrogens (tertiary/aromatic N) is 2. The molecule has 4 aromatic rings. The fourth-order valence-electron chi connectivity index (χ4n) is 5.04. The average molecular weight is 473 g/mol. The van der Waals surface area contributed by atoms with Crippen molar-refractivity contribution in [1.29, 1.82) is 0 Å². The van der Waals surface area contributed by atoms with E-state index >= 15 is 0 Å². The van der Waals surface area contributed by atoms with Crippen molar-refractivity contribution in [3.8, 4) is 28.4 Å². The van der Waals surface area contributed by atoms with Crippen molar-refractivity contribution in [2.75, 3.05) is 0 Å². The molecule has 7 heteroatoms. The standard InChI is InChI=1S/C28H28N2O5/c31-24-15-22-23(16-25(24)32)30(27(29-22)14-18-6-2-1-3-7-18)17-19-10-12-20(13-11-19)21-8-4-5-9-26(21)35-28(33)34/h4-5,8-13,15-16,18,31-32H,1-3,6-7,14,17H2,(H,33,34). The van der Waals surface area contributed by atoms with Gasteiger partial charge >= 0.3 is 6.16 Å². The van der Waals surface area contributed by atoms with Gasteiger partial charge in [-0.05, 0) is 23.1 Å². The van der Waals surface area contributed by atoms with Gasteiger partial charge in [0.25, 0.3) is 0 Å². The minimum Gasteiger partial charge on any atom is -0.504 e. The number of carboxylic acid groups (broad SMARTS) is 1. The Bertz CT molecular complexity index is 1350. The van der Waals surface area contributed by atoms with E-state index in [1.165, 1.54) is 38.2 Å². The lowest BCUT2D eigenvalue weighted by molar-refractivity contribution is 0.144. The van der Waals surface area contributed by atoms with Gasteiger partial charge in [0.1, 0.15) is 11.6 Å². The van der Waals surface area contributed by atoms with Crippen molar-refractivity contribution >= 4 is 17.2 Å². The molecule has 180 valence electrons. The number of phenolic OH excluding ortho intramolecular Hbond substituents is 2. The van der Waals surface area contributed by atoms with Gasteiger partial charge in [0, 0.05) is 30.7 Å². The zero-order valence-corrected chi connectivity index (χ0v) is 19.4. The molecule has 1 heterocycles. The number of fused-ring (bicyclic) bond motifs is 1. The first kappa shape index (κ1) is 22.8. The fraction of sp³-hybridized carbons (Fsp3) is 0.286. The van der Waals surface area contributed by atoms with Crippen molar-refractivity contribution in [1.82, 2.24) is 9.55 Å².